The average Bonchev–Trinajstić information content (AvgIpc) is 1.80. The lowest BCUT2D eigenvalue weighted by Crippen LogP contribution is -2.33. The Balaban J connectivity index is 2.05. The molecule has 2 atom stereocenters. The lowest BCUT2D eigenvalue weighted by atomic mass is 9.81. The fourth-order valence-electron chi connectivity index (χ4n) is 1.71. The normalized spacial score (nSPS) is 46.1. The number of fused-ring (bicyclic) bond motifs is 1. The van der Waals surface area contributed by atoms with Gasteiger partial charge in [0.15, 0.2) is 0 Å². The summed E-state index contributed by atoms with van der Waals surface area (Å²) in [7, 11) is 0. The van der Waals surface area contributed by atoms with Crippen LogP contribution in [0.2, 0.25) is 0 Å². The van der Waals surface area contributed by atoms with Crippen molar-refractivity contribution in [2.24, 2.45) is 5.92 Å². The van der Waals surface area contributed by atoms with Crippen LogP contribution in [0, 0.1) is 5.92 Å². The van der Waals surface area contributed by atoms with Gasteiger partial charge in [0.2, 0.25) is 0 Å². The van der Waals surface area contributed by atoms with Gasteiger partial charge in [-0.25, -0.2) is 3.11 Å². The minimum atomic E-state index is 0.982. The summed E-state index contributed by atoms with van der Waals surface area (Å²) >= 11 is 2.46. The van der Waals surface area contributed by atoms with Crippen molar-refractivity contribution in [3.8, 4) is 0 Å². The van der Waals surface area contributed by atoms with Crippen molar-refractivity contribution in [1.82, 2.24) is 3.11 Å². The monoisotopic (exact) mass is 223 g/mol. The van der Waals surface area contributed by atoms with Gasteiger partial charge in [0, 0.05) is 35.5 Å². The third-order valence-corrected chi connectivity index (χ3v) is 3.65. The lowest BCUT2D eigenvalue weighted by molar-refractivity contribution is 0.234. The van der Waals surface area contributed by atoms with Gasteiger partial charge in [-0.05, 0) is 25.2 Å². The van der Waals surface area contributed by atoms with Crippen LogP contribution in [0.4, 0.5) is 0 Å². The molecule has 1 nitrogen and oxygen atoms in total. The molecule has 0 radical (unpaired) electrons. The molecule has 0 N–H and O–H groups in total. The fraction of sp³-hybridized carbons (Fsp3) is 1.00. The summed E-state index contributed by atoms with van der Waals surface area (Å²) in [5.41, 5.74) is 0. The molecule has 0 aromatic heterocycles. The molecule has 1 saturated carbocycles. The first-order valence-corrected chi connectivity index (χ1v) is 4.27. The first-order chi connectivity index (χ1) is 3.88. The summed E-state index contributed by atoms with van der Waals surface area (Å²) in [5.74, 6) is 1.09. The Labute approximate surface area is 63.9 Å². The second kappa shape index (κ2) is 1.84. The predicted octanol–water partition coefficient (Wildman–Crippen LogP) is 1.82. The largest absolute Gasteiger partial charge is 0.244 e. The van der Waals surface area contributed by atoms with E-state index in [1.165, 1.54) is 25.8 Å². The smallest absolute Gasteiger partial charge is 0.0223 e. The van der Waals surface area contributed by atoms with Crippen molar-refractivity contribution in [3.63, 3.8) is 0 Å². The second-order valence-corrected chi connectivity index (χ2v) is 4.06. The van der Waals surface area contributed by atoms with Crippen LogP contribution in [0.3, 0.4) is 0 Å². The van der Waals surface area contributed by atoms with Gasteiger partial charge in [0.25, 0.3) is 0 Å². The van der Waals surface area contributed by atoms with E-state index in [1.807, 2.05) is 0 Å². The van der Waals surface area contributed by atoms with E-state index in [-0.39, 0.29) is 0 Å². The van der Waals surface area contributed by atoms with E-state index in [0.29, 0.717) is 0 Å². The molecule has 0 spiro atoms. The summed E-state index contributed by atoms with van der Waals surface area (Å²) in [6.45, 7) is 1.34. The van der Waals surface area contributed by atoms with E-state index in [1.54, 1.807) is 0 Å². The topological polar surface area (TPSA) is 3.24 Å². The van der Waals surface area contributed by atoms with Crippen molar-refractivity contribution in [2.75, 3.05) is 6.54 Å². The zero-order chi connectivity index (χ0) is 5.56. The van der Waals surface area contributed by atoms with Gasteiger partial charge in [0.1, 0.15) is 0 Å². The Bertz CT molecular complexity index is 98.7. The Morgan fingerprint density at radius 3 is 2.38 bits per heavy atom. The highest BCUT2D eigenvalue weighted by Crippen LogP contribution is 2.41. The van der Waals surface area contributed by atoms with E-state index >= 15 is 0 Å². The molecular formula is C6H10IN. The summed E-state index contributed by atoms with van der Waals surface area (Å²) in [6.07, 6.45) is 4.44. The van der Waals surface area contributed by atoms with Crippen LogP contribution in [-0.4, -0.2) is 15.7 Å². The summed E-state index contributed by atoms with van der Waals surface area (Å²) in [4.78, 5) is 0. The van der Waals surface area contributed by atoms with E-state index in [9.17, 15) is 0 Å². The Morgan fingerprint density at radius 1 is 1.25 bits per heavy atom. The molecular weight excluding hydrogens is 213 g/mol. The zero-order valence-electron chi connectivity index (χ0n) is 4.81. The molecule has 1 saturated heterocycles. The minimum absolute atomic E-state index is 0.982. The van der Waals surface area contributed by atoms with Crippen LogP contribution in [-0.2, 0) is 0 Å². The molecule has 2 unspecified atom stereocenters. The quantitative estimate of drug-likeness (QED) is 0.447. The molecule has 1 heterocycles. The average molecular weight is 223 g/mol. The molecule has 2 fully saturated rings. The first-order valence-electron chi connectivity index (χ1n) is 3.30. The summed E-state index contributed by atoms with van der Waals surface area (Å²) in [6, 6.07) is 0.982. The molecule has 8 heavy (non-hydrogen) atoms. The van der Waals surface area contributed by atoms with Crippen molar-refractivity contribution in [1.29, 1.82) is 0 Å². The van der Waals surface area contributed by atoms with E-state index in [2.05, 4.69) is 26.0 Å². The number of hydrogen-bond acceptors (Lipinski definition) is 1. The van der Waals surface area contributed by atoms with Crippen LogP contribution in [0.1, 0.15) is 19.3 Å². The highest BCUT2D eigenvalue weighted by atomic mass is 127. The molecule has 1 aliphatic heterocycles. The van der Waals surface area contributed by atoms with E-state index in [4.69, 9.17) is 0 Å². The van der Waals surface area contributed by atoms with Crippen LogP contribution < -0.4 is 0 Å². The molecule has 2 aliphatic rings. The van der Waals surface area contributed by atoms with Crippen LogP contribution in [0.5, 0.6) is 0 Å². The third-order valence-electron chi connectivity index (χ3n) is 2.45. The molecule has 0 aromatic rings. The predicted molar refractivity (Wildman–Crippen MR) is 41.9 cm³/mol. The highest BCUT2D eigenvalue weighted by Gasteiger charge is 2.39. The van der Waals surface area contributed by atoms with Crippen LogP contribution >= 0.6 is 22.9 Å². The van der Waals surface area contributed by atoms with E-state index < -0.39 is 0 Å². The Kier molecular flexibility index (Phi) is 1.26. The van der Waals surface area contributed by atoms with Crippen molar-refractivity contribution in [3.05, 3.63) is 0 Å². The molecule has 0 amide bonds. The lowest BCUT2D eigenvalue weighted by Gasteiger charge is -2.32. The van der Waals surface area contributed by atoms with Crippen molar-refractivity contribution < 1.29 is 0 Å². The number of hydrogen-bond donors (Lipinski definition) is 0. The zero-order valence-corrected chi connectivity index (χ0v) is 6.97. The standard InChI is InChI=1S/C6H10IN/c7-8-4-3-5-1-2-6(5)8/h5-6H,1-4H2. The fourth-order valence-corrected chi connectivity index (χ4v) is 2.72. The second-order valence-electron chi connectivity index (χ2n) is 2.82. The maximum absolute atomic E-state index is 2.48. The summed E-state index contributed by atoms with van der Waals surface area (Å²) in [5, 5.41) is 0. The molecule has 2 rings (SSSR count). The molecule has 0 bridgehead atoms. The summed E-state index contributed by atoms with van der Waals surface area (Å²) < 4.78 is 2.48. The Morgan fingerprint density at radius 2 is 2.12 bits per heavy atom. The molecule has 0 aromatic carbocycles. The van der Waals surface area contributed by atoms with Gasteiger partial charge in [0.05, 0.1) is 0 Å². The number of rotatable bonds is 0. The first kappa shape index (κ1) is 5.47. The third kappa shape index (κ3) is 0.620. The molecule has 2 heteroatoms. The number of halogens is 1. The highest BCUT2D eigenvalue weighted by molar-refractivity contribution is 14.1. The van der Waals surface area contributed by atoms with Gasteiger partial charge in [-0.15, -0.1) is 0 Å². The van der Waals surface area contributed by atoms with Gasteiger partial charge in [-0.1, -0.05) is 0 Å². The minimum Gasteiger partial charge on any atom is -0.244 e. The van der Waals surface area contributed by atoms with Crippen molar-refractivity contribution in [2.45, 2.75) is 25.3 Å². The van der Waals surface area contributed by atoms with Crippen LogP contribution in [0.25, 0.3) is 0 Å². The van der Waals surface area contributed by atoms with E-state index in [0.717, 1.165) is 12.0 Å². The van der Waals surface area contributed by atoms with Gasteiger partial charge < -0.3 is 0 Å². The number of nitrogens with zero attached hydrogens (tertiary/aromatic N) is 1. The van der Waals surface area contributed by atoms with Gasteiger partial charge >= 0.3 is 0 Å². The maximum Gasteiger partial charge on any atom is 0.0223 e. The molecule has 46 valence electrons. The SMILES string of the molecule is IN1CCC2CCC21. The van der Waals surface area contributed by atoms with Gasteiger partial charge in [-0.2, -0.15) is 0 Å². The maximum atomic E-state index is 2.48. The molecule has 1 aliphatic carbocycles. The van der Waals surface area contributed by atoms with Crippen molar-refractivity contribution >= 4 is 22.9 Å². The van der Waals surface area contributed by atoms with Crippen LogP contribution in [0.15, 0.2) is 0 Å². The Hall–Kier alpha value is 0.690. The van der Waals surface area contributed by atoms with Gasteiger partial charge in [-0.3, -0.25) is 0 Å².